The largest absolute Gasteiger partial charge is 0.394 e. The number of carbonyl (C=O) groups is 1. The summed E-state index contributed by atoms with van der Waals surface area (Å²) in [5.74, 6) is -1.29. The third-order valence-electron chi connectivity index (χ3n) is 7.84. The van der Waals surface area contributed by atoms with Crippen molar-refractivity contribution in [2.75, 3.05) is 13.2 Å². The Hall–Kier alpha value is -2.41. The molecule has 0 unspecified atom stereocenters. The molecule has 2 aliphatic rings. The summed E-state index contributed by atoms with van der Waals surface area (Å²) >= 11 is 0. The zero-order valence-electron chi connectivity index (χ0n) is 18.2. The maximum atomic E-state index is 14.3. The number of halogens is 2. The van der Waals surface area contributed by atoms with E-state index in [0.29, 0.717) is 13.0 Å². The van der Waals surface area contributed by atoms with E-state index in [-0.39, 0.29) is 35.7 Å². The molecule has 4 rings (SSSR count). The normalized spacial score (nSPS) is 27.6. The van der Waals surface area contributed by atoms with Crippen LogP contribution < -0.4 is 0 Å². The molecule has 0 radical (unpaired) electrons. The number of rotatable bonds is 4. The van der Waals surface area contributed by atoms with Gasteiger partial charge in [0.15, 0.2) is 0 Å². The molecule has 1 amide bonds. The molecule has 1 saturated heterocycles. The Morgan fingerprint density at radius 2 is 1.94 bits per heavy atom. The van der Waals surface area contributed by atoms with Crippen LogP contribution in [0.1, 0.15) is 57.9 Å². The lowest BCUT2D eigenvalue weighted by Crippen LogP contribution is -2.50. The maximum Gasteiger partial charge on any atom is 0.229 e. The van der Waals surface area contributed by atoms with Gasteiger partial charge in [0.2, 0.25) is 5.91 Å². The number of likely N-dealkylation sites (tertiary alicyclic amines) is 1. The topological polar surface area (TPSA) is 66.3 Å². The number of aliphatic hydroxyl groups excluding tert-OH is 1. The smallest absolute Gasteiger partial charge is 0.229 e. The summed E-state index contributed by atoms with van der Waals surface area (Å²) in [6, 6.07) is 5.31. The van der Waals surface area contributed by atoms with Gasteiger partial charge in [0.25, 0.3) is 0 Å². The zero-order chi connectivity index (χ0) is 22.4. The fourth-order valence-corrected chi connectivity index (χ4v) is 5.51. The van der Waals surface area contributed by atoms with Gasteiger partial charge in [-0.2, -0.15) is 10.2 Å². The van der Waals surface area contributed by atoms with E-state index in [4.69, 9.17) is 0 Å². The second-order valence-corrected chi connectivity index (χ2v) is 9.59. The van der Waals surface area contributed by atoms with Crippen LogP contribution in [0.3, 0.4) is 0 Å². The third-order valence-corrected chi connectivity index (χ3v) is 7.84. The van der Waals surface area contributed by atoms with Crippen LogP contribution in [0, 0.1) is 22.5 Å². The highest BCUT2D eigenvalue weighted by molar-refractivity contribution is 5.84. The number of aromatic nitrogens is 2. The van der Waals surface area contributed by atoms with E-state index in [1.165, 1.54) is 18.2 Å². The maximum absolute atomic E-state index is 14.3. The first-order valence-corrected chi connectivity index (χ1v) is 10.9. The van der Waals surface area contributed by atoms with Crippen LogP contribution in [0.2, 0.25) is 0 Å². The molecule has 0 bridgehead atoms. The lowest BCUT2D eigenvalue weighted by atomic mass is 9.63. The van der Waals surface area contributed by atoms with E-state index in [0.717, 1.165) is 24.8 Å². The fraction of sp³-hybridized carbons (Fsp3) is 0.542. The van der Waals surface area contributed by atoms with Crippen molar-refractivity contribution in [3.8, 4) is 11.3 Å². The molecule has 1 aromatic carbocycles. The van der Waals surface area contributed by atoms with Gasteiger partial charge in [-0.25, -0.2) is 8.78 Å². The van der Waals surface area contributed by atoms with Crippen LogP contribution in [0.15, 0.2) is 30.5 Å². The number of hydrogen-bond acceptors (Lipinski definition) is 4. The average Bonchev–Trinajstić information content (AvgIpc) is 3.30. The predicted molar refractivity (Wildman–Crippen MR) is 113 cm³/mol. The first-order valence-electron chi connectivity index (χ1n) is 10.9. The lowest BCUT2D eigenvalue weighted by molar-refractivity contribution is -0.148. The van der Waals surface area contributed by atoms with Gasteiger partial charge in [-0.05, 0) is 60.8 Å². The standard InChI is InChI=1S/C24H29F2N3O2/c1-23(2)17(9-10-24(23,3)22(31)29-11-5-6-16(29)14-30)15-12-20(28-27-13-15)21-18(25)7-4-8-19(21)26/h4,7-8,12-13,16-17,30H,5-6,9-11,14H2,1-3H3/t16-,17-,24-/m1/s1. The van der Waals surface area contributed by atoms with Crippen molar-refractivity contribution < 1.29 is 18.7 Å². The highest BCUT2D eigenvalue weighted by Gasteiger charge is 2.58. The number of hydrogen-bond donors (Lipinski definition) is 1. The summed E-state index contributed by atoms with van der Waals surface area (Å²) in [7, 11) is 0. The summed E-state index contributed by atoms with van der Waals surface area (Å²) in [6.07, 6.45) is 4.83. The molecule has 1 saturated carbocycles. The van der Waals surface area contributed by atoms with Crippen LogP contribution >= 0.6 is 0 Å². The van der Waals surface area contributed by atoms with Crippen LogP contribution in [0.4, 0.5) is 8.78 Å². The molecule has 31 heavy (non-hydrogen) atoms. The van der Waals surface area contributed by atoms with Crippen molar-refractivity contribution in [3.05, 3.63) is 47.7 Å². The lowest BCUT2D eigenvalue weighted by Gasteiger charge is -2.43. The Kier molecular flexibility index (Phi) is 5.58. The third kappa shape index (κ3) is 3.43. The van der Waals surface area contributed by atoms with Gasteiger partial charge in [-0.15, -0.1) is 0 Å². The molecule has 1 N–H and O–H groups in total. The quantitative estimate of drug-likeness (QED) is 0.786. The number of nitrogens with zero attached hydrogens (tertiary/aromatic N) is 3. The number of carbonyl (C=O) groups excluding carboxylic acids is 1. The first kappa shape index (κ1) is 21.8. The molecule has 0 spiro atoms. The highest BCUT2D eigenvalue weighted by Crippen LogP contribution is 2.60. The molecule has 5 nitrogen and oxygen atoms in total. The van der Waals surface area contributed by atoms with Crippen LogP contribution in [-0.4, -0.2) is 45.3 Å². The van der Waals surface area contributed by atoms with Gasteiger partial charge >= 0.3 is 0 Å². The van der Waals surface area contributed by atoms with E-state index in [1.54, 1.807) is 12.3 Å². The summed E-state index contributed by atoms with van der Waals surface area (Å²) in [5.41, 5.74) is -0.226. The van der Waals surface area contributed by atoms with Gasteiger partial charge in [-0.3, -0.25) is 4.79 Å². The van der Waals surface area contributed by atoms with E-state index >= 15 is 0 Å². The Morgan fingerprint density at radius 1 is 1.23 bits per heavy atom. The minimum absolute atomic E-state index is 0.0132. The van der Waals surface area contributed by atoms with Crippen molar-refractivity contribution in [3.63, 3.8) is 0 Å². The Bertz CT molecular complexity index is 976. The van der Waals surface area contributed by atoms with Crippen molar-refractivity contribution in [2.24, 2.45) is 10.8 Å². The van der Waals surface area contributed by atoms with Crippen molar-refractivity contribution in [2.45, 2.75) is 58.4 Å². The molecule has 1 aliphatic carbocycles. The van der Waals surface area contributed by atoms with Gasteiger partial charge in [0.1, 0.15) is 11.6 Å². The molecule has 1 aliphatic heterocycles. The molecular formula is C24H29F2N3O2. The second-order valence-electron chi connectivity index (χ2n) is 9.59. The minimum atomic E-state index is -0.679. The van der Waals surface area contributed by atoms with Gasteiger partial charge in [-0.1, -0.05) is 26.8 Å². The summed E-state index contributed by atoms with van der Waals surface area (Å²) in [5, 5.41) is 17.7. The number of aliphatic hydroxyl groups is 1. The van der Waals surface area contributed by atoms with Crippen LogP contribution in [0.25, 0.3) is 11.3 Å². The van der Waals surface area contributed by atoms with Gasteiger partial charge < -0.3 is 10.0 Å². The van der Waals surface area contributed by atoms with E-state index in [1.807, 2.05) is 11.8 Å². The SMILES string of the molecule is CC1(C)[C@@H](c2cnnc(-c3c(F)cccc3F)c2)CC[C@]1(C)C(=O)N1CCC[C@@H]1CO. The van der Waals surface area contributed by atoms with Gasteiger partial charge in [0.05, 0.1) is 35.5 Å². The predicted octanol–water partition coefficient (Wildman–Crippen LogP) is 4.32. The molecule has 166 valence electrons. The highest BCUT2D eigenvalue weighted by atomic mass is 19.1. The number of benzene rings is 1. The van der Waals surface area contributed by atoms with Crippen LogP contribution in [-0.2, 0) is 4.79 Å². The van der Waals surface area contributed by atoms with Crippen molar-refractivity contribution in [1.29, 1.82) is 0 Å². The Labute approximate surface area is 181 Å². The summed E-state index contributed by atoms with van der Waals surface area (Å²) in [6.45, 7) is 6.83. The average molecular weight is 430 g/mol. The Balaban J connectivity index is 1.67. The van der Waals surface area contributed by atoms with E-state index < -0.39 is 22.5 Å². The summed E-state index contributed by atoms with van der Waals surface area (Å²) in [4.78, 5) is 15.4. The fourth-order valence-electron chi connectivity index (χ4n) is 5.51. The molecule has 2 fully saturated rings. The molecule has 2 aromatic rings. The first-order chi connectivity index (χ1) is 14.7. The van der Waals surface area contributed by atoms with Gasteiger partial charge in [0, 0.05) is 6.54 Å². The monoisotopic (exact) mass is 429 g/mol. The molecule has 3 atom stereocenters. The molecule has 1 aromatic heterocycles. The van der Waals surface area contributed by atoms with E-state index in [2.05, 4.69) is 24.0 Å². The second kappa shape index (κ2) is 7.93. The van der Waals surface area contributed by atoms with Crippen molar-refractivity contribution in [1.82, 2.24) is 15.1 Å². The zero-order valence-corrected chi connectivity index (χ0v) is 18.2. The van der Waals surface area contributed by atoms with Crippen molar-refractivity contribution >= 4 is 5.91 Å². The van der Waals surface area contributed by atoms with Crippen LogP contribution in [0.5, 0.6) is 0 Å². The molecule has 7 heteroatoms. The number of amides is 1. The molecule has 2 heterocycles. The Morgan fingerprint density at radius 3 is 2.61 bits per heavy atom. The molecular weight excluding hydrogens is 400 g/mol. The van der Waals surface area contributed by atoms with E-state index in [9.17, 15) is 18.7 Å². The minimum Gasteiger partial charge on any atom is -0.394 e. The summed E-state index contributed by atoms with van der Waals surface area (Å²) < 4.78 is 28.6.